The van der Waals surface area contributed by atoms with Crippen molar-refractivity contribution in [2.24, 2.45) is 0 Å². The minimum atomic E-state index is -0.504. The third kappa shape index (κ3) is 3.57. The molecule has 1 aromatic carbocycles. The number of nitrogens with one attached hydrogen (secondary N) is 1. The second-order valence-electron chi connectivity index (χ2n) is 6.07. The molecule has 2 heterocycles. The standard InChI is InChI=1S/C17H21N5O3/c1-20(16(23)15-11-21(2)17(24)19-15)9-12-8-18-22(10-12)13-5-4-6-14(7-13)25-3/h4-8,10,15H,9,11H2,1-3H3,(H,19,24)/t15-/m0/s1. The van der Waals surface area contributed by atoms with Crippen LogP contribution in [0.4, 0.5) is 4.79 Å². The number of ether oxygens (including phenoxy) is 1. The van der Waals surface area contributed by atoms with E-state index < -0.39 is 6.04 Å². The van der Waals surface area contributed by atoms with Gasteiger partial charge < -0.3 is 19.9 Å². The number of benzene rings is 1. The van der Waals surface area contributed by atoms with Gasteiger partial charge in [0.25, 0.3) is 0 Å². The number of amides is 3. The first-order chi connectivity index (χ1) is 12.0. The average molecular weight is 343 g/mol. The summed E-state index contributed by atoms with van der Waals surface area (Å²) in [6, 6.07) is 6.85. The molecule has 1 N–H and O–H groups in total. The highest BCUT2D eigenvalue weighted by Crippen LogP contribution is 2.17. The van der Waals surface area contributed by atoms with E-state index >= 15 is 0 Å². The fourth-order valence-corrected chi connectivity index (χ4v) is 2.76. The highest BCUT2D eigenvalue weighted by Gasteiger charge is 2.32. The van der Waals surface area contributed by atoms with Gasteiger partial charge in [-0.2, -0.15) is 5.10 Å². The van der Waals surface area contributed by atoms with Crippen LogP contribution in [0.5, 0.6) is 5.75 Å². The minimum absolute atomic E-state index is 0.119. The number of aromatic nitrogens is 2. The van der Waals surface area contributed by atoms with Crippen LogP contribution in [0.15, 0.2) is 36.7 Å². The van der Waals surface area contributed by atoms with Crippen molar-refractivity contribution >= 4 is 11.9 Å². The number of carbonyl (C=O) groups excluding carboxylic acids is 2. The molecular weight excluding hydrogens is 322 g/mol. The van der Waals surface area contributed by atoms with Gasteiger partial charge >= 0.3 is 6.03 Å². The van der Waals surface area contributed by atoms with Gasteiger partial charge in [-0.15, -0.1) is 0 Å². The number of hydrogen-bond acceptors (Lipinski definition) is 4. The predicted octanol–water partition coefficient (Wildman–Crippen LogP) is 0.863. The molecule has 0 aliphatic carbocycles. The van der Waals surface area contributed by atoms with Crippen LogP contribution in [0, 0.1) is 0 Å². The van der Waals surface area contributed by atoms with E-state index in [1.54, 1.807) is 37.0 Å². The Balaban J connectivity index is 1.66. The second-order valence-corrected chi connectivity index (χ2v) is 6.07. The van der Waals surface area contributed by atoms with Gasteiger partial charge in [-0.05, 0) is 12.1 Å². The molecule has 2 aromatic rings. The topological polar surface area (TPSA) is 79.7 Å². The molecule has 1 aliphatic heterocycles. The molecule has 0 radical (unpaired) electrons. The summed E-state index contributed by atoms with van der Waals surface area (Å²) in [5, 5.41) is 7.02. The van der Waals surface area contributed by atoms with E-state index in [4.69, 9.17) is 4.74 Å². The molecule has 8 heteroatoms. The Morgan fingerprint density at radius 1 is 1.48 bits per heavy atom. The average Bonchev–Trinajstić information content (AvgIpc) is 3.21. The van der Waals surface area contributed by atoms with Gasteiger partial charge in [-0.3, -0.25) is 4.79 Å². The number of hydrogen-bond donors (Lipinski definition) is 1. The normalized spacial score (nSPS) is 16.7. The minimum Gasteiger partial charge on any atom is -0.497 e. The van der Waals surface area contributed by atoms with Gasteiger partial charge in [0.1, 0.15) is 11.8 Å². The first kappa shape index (κ1) is 16.8. The maximum Gasteiger partial charge on any atom is 0.317 e. The monoisotopic (exact) mass is 343 g/mol. The lowest BCUT2D eigenvalue weighted by Crippen LogP contribution is -2.43. The maximum atomic E-state index is 12.4. The lowest BCUT2D eigenvalue weighted by Gasteiger charge is -2.19. The molecule has 1 aromatic heterocycles. The van der Waals surface area contributed by atoms with Crippen LogP contribution in [-0.4, -0.2) is 65.3 Å². The number of nitrogens with zero attached hydrogens (tertiary/aromatic N) is 4. The first-order valence-electron chi connectivity index (χ1n) is 7.92. The summed E-state index contributed by atoms with van der Waals surface area (Å²) < 4.78 is 6.96. The van der Waals surface area contributed by atoms with Crippen molar-refractivity contribution in [3.8, 4) is 11.4 Å². The summed E-state index contributed by atoms with van der Waals surface area (Å²) in [7, 11) is 5.00. The van der Waals surface area contributed by atoms with Crippen LogP contribution >= 0.6 is 0 Å². The predicted molar refractivity (Wildman–Crippen MR) is 91.5 cm³/mol. The largest absolute Gasteiger partial charge is 0.497 e. The van der Waals surface area contributed by atoms with E-state index in [9.17, 15) is 9.59 Å². The molecule has 1 aliphatic rings. The molecule has 0 saturated carbocycles. The first-order valence-corrected chi connectivity index (χ1v) is 7.92. The van der Waals surface area contributed by atoms with Crippen LogP contribution < -0.4 is 10.1 Å². The zero-order valence-corrected chi connectivity index (χ0v) is 14.5. The van der Waals surface area contributed by atoms with Crippen molar-refractivity contribution in [1.29, 1.82) is 0 Å². The fraction of sp³-hybridized carbons (Fsp3) is 0.353. The third-order valence-electron chi connectivity index (χ3n) is 4.15. The van der Waals surface area contributed by atoms with Gasteiger partial charge in [-0.1, -0.05) is 6.07 Å². The second kappa shape index (κ2) is 6.84. The molecular formula is C17H21N5O3. The Hall–Kier alpha value is -3.03. The molecule has 25 heavy (non-hydrogen) atoms. The van der Waals surface area contributed by atoms with E-state index in [-0.39, 0.29) is 11.9 Å². The third-order valence-corrected chi connectivity index (χ3v) is 4.15. The van der Waals surface area contributed by atoms with E-state index in [1.165, 1.54) is 4.90 Å². The van der Waals surface area contributed by atoms with Crippen LogP contribution in [0.25, 0.3) is 5.69 Å². The summed E-state index contributed by atoms with van der Waals surface area (Å²) in [6.45, 7) is 0.796. The van der Waals surface area contributed by atoms with Gasteiger partial charge in [0.15, 0.2) is 0 Å². The number of urea groups is 1. The lowest BCUT2D eigenvalue weighted by atomic mass is 10.2. The van der Waals surface area contributed by atoms with E-state index in [2.05, 4.69) is 10.4 Å². The number of likely N-dealkylation sites (N-methyl/N-ethyl adjacent to an activating group) is 2. The van der Waals surface area contributed by atoms with Crippen molar-refractivity contribution in [2.75, 3.05) is 27.7 Å². The van der Waals surface area contributed by atoms with Crippen LogP contribution in [0.2, 0.25) is 0 Å². The highest BCUT2D eigenvalue weighted by atomic mass is 16.5. The van der Waals surface area contributed by atoms with Crippen molar-refractivity contribution in [1.82, 2.24) is 24.9 Å². The molecule has 1 fully saturated rings. The molecule has 1 saturated heterocycles. The maximum absolute atomic E-state index is 12.4. The van der Waals surface area contributed by atoms with Crippen molar-refractivity contribution < 1.29 is 14.3 Å². The fourth-order valence-electron chi connectivity index (χ4n) is 2.76. The van der Waals surface area contributed by atoms with E-state index in [0.717, 1.165) is 17.0 Å². The molecule has 0 unspecified atom stereocenters. The van der Waals surface area contributed by atoms with Crippen molar-refractivity contribution in [3.05, 3.63) is 42.2 Å². The SMILES string of the molecule is COc1cccc(-n2cc(CN(C)C(=O)[C@@H]3CN(C)C(=O)N3)cn2)c1. The molecule has 3 rings (SSSR count). The van der Waals surface area contributed by atoms with Crippen molar-refractivity contribution in [2.45, 2.75) is 12.6 Å². The lowest BCUT2D eigenvalue weighted by molar-refractivity contribution is -0.132. The summed E-state index contributed by atoms with van der Waals surface area (Å²) in [4.78, 5) is 27.0. The van der Waals surface area contributed by atoms with Crippen LogP contribution in [0.3, 0.4) is 0 Å². The van der Waals surface area contributed by atoms with Crippen LogP contribution in [0.1, 0.15) is 5.56 Å². The zero-order chi connectivity index (χ0) is 18.0. The zero-order valence-electron chi connectivity index (χ0n) is 14.5. The number of rotatable bonds is 5. The summed E-state index contributed by atoms with van der Waals surface area (Å²) in [6.07, 6.45) is 3.60. The van der Waals surface area contributed by atoms with Gasteiger partial charge in [0.2, 0.25) is 5.91 Å². The summed E-state index contributed by atoms with van der Waals surface area (Å²) >= 11 is 0. The Morgan fingerprint density at radius 2 is 2.28 bits per heavy atom. The van der Waals surface area contributed by atoms with E-state index in [0.29, 0.717) is 13.1 Å². The molecule has 3 amide bonds. The Kier molecular flexibility index (Phi) is 4.60. The van der Waals surface area contributed by atoms with Gasteiger partial charge in [0, 0.05) is 38.5 Å². The Bertz CT molecular complexity index is 788. The molecule has 0 bridgehead atoms. The van der Waals surface area contributed by atoms with Gasteiger partial charge in [0.05, 0.1) is 25.5 Å². The van der Waals surface area contributed by atoms with E-state index in [1.807, 2.05) is 30.5 Å². The summed E-state index contributed by atoms with van der Waals surface area (Å²) in [5.74, 6) is 0.634. The molecule has 0 spiro atoms. The number of carbonyl (C=O) groups is 2. The van der Waals surface area contributed by atoms with Crippen molar-refractivity contribution in [3.63, 3.8) is 0 Å². The molecule has 8 nitrogen and oxygen atoms in total. The quantitative estimate of drug-likeness (QED) is 0.873. The smallest absolute Gasteiger partial charge is 0.317 e. The number of methoxy groups -OCH3 is 1. The van der Waals surface area contributed by atoms with Crippen LogP contribution in [-0.2, 0) is 11.3 Å². The Morgan fingerprint density at radius 3 is 2.96 bits per heavy atom. The van der Waals surface area contributed by atoms with Gasteiger partial charge in [-0.25, -0.2) is 9.48 Å². The highest BCUT2D eigenvalue weighted by molar-refractivity contribution is 5.90. The summed E-state index contributed by atoms with van der Waals surface area (Å²) in [5.41, 5.74) is 1.78. The molecule has 1 atom stereocenters. The Labute approximate surface area is 146 Å². The molecule has 132 valence electrons.